The van der Waals surface area contributed by atoms with Gasteiger partial charge in [-0.3, -0.25) is 0 Å². The average molecular weight is 287 g/mol. The molecule has 0 aliphatic carbocycles. The molecule has 2 rings (SSSR count). The lowest BCUT2D eigenvalue weighted by molar-refractivity contribution is 1.08. The molecule has 0 fully saturated rings. The fourth-order valence-corrected chi connectivity index (χ4v) is 1.58. The Hall–Kier alpha value is -1.70. The van der Waals surface area contributed by atoms with Gasteiger partial charge in [0.15, 0.2) is 0 Å². The molecule has 2 aromatic rings. The second-order valence-corrected chi connectivity index (χ2v) is 4.41. The number of halogens is 1. The molecule has 3 heteroatoms. The highest BCUT2D eigenvalue weighted by atomic mass is 79.9. The van der Waals surface area contributed by atoms with E-state index in [-0.39, 0.29) is 0 Å². The zero-order chi connectivity index (χ0) is 11.9. The van der Waals surface area contributed by atoms with Gasteiger partial charge in [-0.2, -0.15) is 4.99 Å². The third-order valence-electron chi connectivity index (χ3n) is 2.18. The summed E-state index contributed by atoms with van der Waals surface area (Å²) in [5.74, 6) is 0. The van der Waals surface area contributed by atoms with E-state index in [4.69, 9.17) is 0 Å². The van der Waals surface area contributed by atoms with E-state index in [0.29, 0.717) is 6.54 Å². The zero-order valence-electron chi connectivity index (χ0n) is 9.18. The molecule has 0 unspecified atom stereocenters. The van der Waals surface area contributed by atoms with Crippen LogP contribution in [0.15, 0.2) is 69.1 Å². The largest absolute Gasteiger partial charge is 0.221 e. The highest BCUT2D eigenvalue weighted by Crippen LogP contribution is 2.15. The number of hydrogen-bond acceptors (Lipinski definition) is 2. The molecule has 0 saturated heterocycles. The summed E-state index contributed by atoms with van der Waals surface area (Å²) in [6, 6.07) is 20.5. The number of benzene rings is 2. The molecule has 0 saturated carbocycles. The minimum atomic E-state index is 0.612. The van der Waals surface area contributed by atoms with Crippen LogP contribution in [0.2, 0.25) is 0 Å². The van der Waals surface area contributed by atoms with Crippen molar-refractivity contribution in [3.8, 4) is 0 Å². The molecule has 0 aliphatic rings. The Labute approximate surface area is 109 Å². The predicted octanol–water partition coefficient (Wildman–Crippen LogP) is 4.45. The van der Waals surface area contributed by atoms with Gasteiger partial charge in [-0.25, -0.2) is 4.99 Å². The molecule has 17 heavy (non-hydrogen) atoms. The van der Waals surface area contributed by atoms with Crippen LogP contribution in [0.4, 0.5) is 5.69 Å². The van der Waals surface area contributed by atoms with E-state index in [0.717, 1.165) is 15.7 Å². The molecule has 2 nitrogen and oxygen atoms in total. The molecule has 0 bridgehead atoms. The maximum absolute atomic E-state index is 4.13. The molecule has 0 radical (unpaired) electrons. The minimum Gasteiger partial charge on any atom is -0.221 e. The van der Waals surface area contributed by atoms with Crippen LogP contribution in [0, 0.1) is 0 Å². The summed E-state index contributed by atoms with van der Waals surface area (Å²) in [4.78, 5) is 8.26. The van der Waals surface area contributed by atoms with Crippen LogP contribution in [0.5, 0.6) is 0 Å². The van der Waals surface area contributed by atoms with Gasteiger partial charge in [0.25, 0.3) is 0 Å². The lowest BCUT2D eigenvalue weighted by Gasteiger charge is -1.92. The van der Waals surface area contributed by atoms with Gasteiger partial charge in [-0.15, -0.1) is 0 Å². The van der Waals surface area contributed by atoms with E-state index in [1.165, 1.54) is 0 Å². The van der Waals surface area contributed by atoms with Crippen molar-refractivity contribution >= 4 is 27.6 Å². The molecular formula is C14H11BrN2. The molecule has 84 valence electrons. The Bertz CT molecular complexity index is 526. The van der Waals surface area contributed by atoms with Crippen molar-refractivity contribution in [2.75, 3.05) is 0 Å². The van der Waals surface area contributed by atoms with Crippen LogP contribution in [-0.2, 0) is 6.54 Å². The van der Waals surface area contributed by atoms with Crippen molar-refractivity contribution in [1.29, 1.82) is 0 Å². The van der Waals surface area contributed by atoms with Crippen molar-refractivity contribution < 1.29 is 0 Å². The van der Waals surface area contributed by atoms with Gasteiger partial charge in [0.1, 0.15) is 0 Å². The third kappa shape index (κ3) is 3.99. The van der Waals surface area contributed by atoms with Gasteiger partial charge in [-0.1, -0.05) is 46.3 Å². The minimum absolute atomic E-state index is 0.612. The van der Waals surface area contributed by atoms with E-state index < -0.39 is 0 Å². The summed E-state index contributed by atoms with van der Waals surface area (Å²) in [7, 11) is 0. The van der Waals surface area contributed by atoms with Gasteiger partial charge in [0, 0.05) is 4.47 Å². The van der Waals surface area contributed by atoms with Crippen LogP contribution >= 0.6 is 15.9 Å². The van der Waals surface area contributed by atoms with Gasteiger partial charge in [0.05, 0.1) is 18.2 Å². The van der Waals surface area contributed by atoms with Crippen molar-refractivity contribution in [2.24, 2.45) is 9.98 Å². The molecule has 0 N–H and O–H groups in total. The Morgan fingerprint density at radius 1 is 0.941 bits per heavy atom. The Balaban J connectivity index is 1.99. The highest BCUT2D eigenvalue weighted by molar-refractivity contribution is 9.10. The Kier molecular flexibility index (Phi) is 4.25. The summed E-state index contributed by atoms with van der Waals surface area (Å²) < 4.78 is 1.04. The monoisotopic (exact) mass is 286 g/mol. The first-order valence-electron chi connectivity index (χ1n) is 5.26. The summed E-state index contributed by atoms with van der Waals surface area (Å²) in [5, 5.41) is 0. The van der Waals surface area contributed by atoms with Gasteiger partial charge in [0.2, 0.25) is 0 Å². The summed E-state index contributed by atoms with van der Waals surface area (Å²) in [5.41, 5.74) is 2.01. The Morgan fingerprint density at radius 3 is 2.35 bits per heavy atom. The van der Waals surface area contributed by atoms with Crippen LogP contribution in [0.25, 0.3) is 0 Å². The first-order valence-corrected chi connectivity index (χ1v) is 6.05. The van der Waals surface area contributed by atoms with E-state index in [9.17, 15) is 0 Å². The van der Waals surface area contributed by atoms with E-state index >= 15 is 0 Å². The van der Waals surface area contributed by atoms with Crippen LogP contribution < -0.4 is 0 Å². The molecule has 0 spiro atoms. The van der Waals surface area contributed by atoms with Crippen molar-refractivity contribution in [2.45, 2.75) is 6.54 Å². The lowest BCUT2D eigenvalue weighted by Crippen LogP contribution is -1.77. The van der Waals surface area contributed by atoms with Crippen molar-refractivity contribution in [1.82, 2.24) is 0 Å². The second-order valence-electron chi connectivity index (χ2n) is 3.49. The standard InChI is InChI=1S/C14H11BrN2/c15-13-6-8-14(9-7-13)17-11-16-10-12-4-2-1-3-5-12/h1-9H,10H2. The number of nitrogens with zero attached hydrogens (tertiary/aromatic N) is 2. The normalized spacial score (nSPS) is 9.47. The van der Waals surface area contributed by atoms with E-state index in [1.54, 1.807) is 0 Å². The summed E-state index contributed by atoms with van der Waals surface area (Å²) >= 11 is 3.37. The number of hydrogen-bond donors (Lipinski definition) is 0. The first kappa shape index (κ1) is 11.8. The average Bonchev–Trinajstić information content (AvgIpc) is 2.38. The van der Waals surface area contributed by atoms with Crippen LogP contribution in [0.1, 0.15) is 5.56 Å². The number of aliphatic imine (C=N–C) groups is 2. The fraction of sp³-hybridized carbons (Fsp3) is 0.0714. The van der Waals surface area contributed by atoms with Crippen LogP contribution in [-0.4, -0.2) is 6.01 Å². The van der Waals surface area contributed by atoms with Gasteiger partial charge < -0.3 is 0 Å². The zero-order valence-corrected chi connectivity index (χ0v) is 10.8. The smallest absolute Gasteiger partial charge is 0.0952 e. The molecule has 0 aromatic heterocycles. The predicted molar refractivity (Wildman–Crippen MR) is 73.8 cm³/mol. The van der Waals surface area contributed by atoms with Gasteiger partial charge in [-0.05, 0) is 29.8 Å². The van der Waals surface area contributed by atoms with Crippen LogP contribution in [0.3, 0.4) is 0 Å². The maximum atomic E-state index is 4.13. The van der Waals surface area contributed by atoms with E-state index in [1.807, 2.05) is 54.6 Å². The molecule has 0 amide bonds. The SMILES string of the molecule is Brc1ccc(N=C=NCc2ccccc2)cc1. The Morgan fingerprint density at radius 2 is 1.65 bits per heavy atom. The molecule has 0 heterocycles. The molecular weight excluding hydrogens is 276 g/mol. The first-order chi connectivity index (χ1) is 8.34. The molecule has 0 atom stereocenters. The third-order valence-corrected chi connectivity index (χ3v) is 2.71. The summed E-state index contributed by atoms with van der Waals surface area (Å²) in [6.07, 6.45) is 0. The van der Waals surface area contributed by atoms with Crippen molar-refractivity contribution in [3.63, 3.8) is 0 Å². The quantitative estimate of drug-likeness (QED) is 0.745. The maximum Gasteiger partial charge on any atom is 0.0952 e. The number of rotatable bonds is 3. The lowest BCUT2D eigenvalue weighted by atomic mass is 10.2. The topological polar surface area (TPSA) is 24.7 Å². The summed E-state index contributed by atoms with van der Waals surface area (Å²) in [6.45, 7) is 0.612. The molecule has 0 aliphatic heterocycles. The fourth-order valence-electron chi connectivity index (χ4n) is 1.32. The van der Waals surface area contributed by atoms with Crippen molar-refractivity contribution in [3.05, 3.63) is 64.6 Å². The highest BCUT2D eigenvalue weighted by Gasteiger charge is 1.88. The second kappa shape index (κ2) is 6.14. The van der Waals surface area contributed by atoms with E-state index in [2.05, 4.69) is 31.9 Å². The van der Waals surface area contributed by atoms with Gasteiger partial charge >= 0.3 is 0 Å². The molecule has 2 aromatic carbocycles.